The summed E-state index contributed by atoms with van der Waals surface area (Å²) in [4.78, 5) is 25.9. The molecule has 1 N–H and O–H groups in total. The SMILES string of the molecule is CCCSc1cc(=O)n(-c2ccccc2)nc1C(=O)Nc1cccc(Cl)c1. The standard InChI is InChI=1S/C20H18ClN3O2S/c1-2-11-27-17-13-18(25)24(16-9-4-3-5-10-16)23-19(17)20(26)22-15-8-6-7-14(21)12-15/h3-10,12-13H,2,11H2,1H3,(H,22,26). The molecule has 0 fully saturated rings. The van der Waals surface area contributed by atoms with E-state index >= 15 is 0 Å². The van der Waals surface area contributed by atoms with Crippen LogP contribution >= 0.6 is 23.4 Å². The highest BCUT2D eigenvalue weighted by Gasteiger charge is 2.18. The van der Waals surface area contributed by atoms with Crippen molar-refractivity contribution in [2.45, 2.75) is 18.2 Å². The van der Waals surface area contributed by atoms with Gasteiger partial charge >= 0.3 is 0 Å². The van der Waals surface area contributed by atoms with Crippen LogP contribution in [0.2, 0.25) is 5.02 Å². The molecule has 0 unspecified atom stereocenters. The summed E-state index contributed by atoms with van der Waals surface area (Å²) in [7, 11) is 0. The lowest BCUT2D eigenvalue weighted by Gasteiger charge is -2.12. The zero-order valence-electron chi connectivity index (χ0n) is 14.7. The van der Waals surface area contributed by atoms with Crippen LogP contribution in [0.3, 0.4) is 0 Å². The van der Waals surface area contributed by atoms with Gasteiger partial charge in [0.15, 0.2) is 5.69 Å². The zero-order chi connectivity index (χ0) is 19.2. The normalized spacial score (nSPS) is 10.6. The number of amides is 1. The fraction of sp³-hybridized carbons (Fsp3) is 0.150. The zero-order valence-corrected chi connectivity index (χ0v) is 16.3. The summed E-state index contributed by atoms with van der Waals surface area (Å²) in [5.41, 5.74) is 1.10. The number of carbonyl (C=O) groups is 1. The average Bonchev–Trinajstić information content (AvgIpc) is 2.67. The molecule has 3 aromatic rings. The van der Waals surface area contributed by atoms with Crippen molar-refractivity contribution in [3.05, 3.63) is 81.7 Å². The first-order chi connectivity index (χ1) is 13.1. The number of nitrogens with zero attached hydrogens (tertiary/aromatic N) is 2. The van der Waals surface area contributed by atoms with Crippen LogP contribution in [0.4, 0.5) is 5.69 Å². The van der Waals surface area contributed by atoms with Gasteiger partial charge in [-0.05, 0) is 42.5 Å². The van der Waals surface area contributed by atoms with Crippen molar-refractivity contribution in [3.8, 4) is 5.69 Å². The van der Waals surface area contributed by atoms with Crippen molar-refractivity contribution in [3.63, 3.8) is 0 Å². The molecule has 0 saturated heterocycles. The van der Waals surface area contributed by atoms with E-state index in [-0.39, 0.29) is 17.2 Å². The number of benzene rings is 2. The van der Waals surface area contributed by atoms with Crippen LogP contribution in [0, 0.1) is 0 Å². The Morgan fingerprint density at radius 3 is 2.63 bits per heavy atom. The van der Waals surface area contributed by atoms with E-state index in [0.717, 1.165) is 12.2 Å². The predicted molar refractivity (Wildman–Crippen MR) is 110 cm³/mol. The second-order valence-corrected chi connectivity index (χ2v) is 7.33. The summed E-state index contributed by atoms with van der Waals surface area (Å²) >= 11 is 7.43. The number of aromatic nitrogens is 2. The molecule has 1 amide bonds. The summed E-state index contributed by atoms with van der Waals surface area (Å²) in [6.45, 7) is 2.04. The molecule has 0 radical (unpaired) electrons. The van der Waals surface area contributed by atoms with Crippen LogP contribution in [-0.4, -0.2) is 21.4 Å². The molecule has 0 spiro atoms. The minimum Gasteiger partial charge on any atom is -0.321 e. The number of halogens is 1. The lowest BCUT2D eigenvalue weighted by molar-refractivity contribution is 0.101. The van der Waals surface area contributed by atoms with Gasteiger partial charge in [0.05, 0.1) is 5.69 Å². The van der Waals surface area contributed by atoms with E-state index in [4.69, 9.17) is 11.6 Å². The first-order valence-electron chi connectivity index (χ1n) is 8.48. The van der Waals surface area contributed by atoms with E-state index in [9.17, 15) is 9.59 Å². The average molecular weight is 400 g/mol. The third kappa shape index (κ3) is 4.78. The molecule has 27 heavy (non-hydrogen) atoms. The molecular formula is C20H18ClN3O2S. The first kappa shape index (κ1) is 19.2. The second-order valence-electron chi connectivity index (χ2n) is 5.76. The fourth-order valence-corrected chi connectivity index (χ4v) is 3.50. The van der Waals surface area contributed by atoms with Gasteiger partial charge in [0.2, 0.25) is 0 Å². The maximum absolute atomic E-state index is 12.9. The minimum atomic E-state index is -0.388. The number of carbonyl (C=O) groups excluding carboxylic acids is 1. The third-order valence-corrected chi connectivity index (χ3v) is 5.13. The monoisotopic (exact) mass is 399 g/mol. The molecule has 0 atom stereocenters. The largest absolute Gasteiger partial charge is 0.321 e. The van der Waals surface area contributed by atoms with Crippen molar-refractivity contribution in [1.29, 1.82) is 0 Å². The number of hydrogen-bond donors (Lipinski definition) is 1. The molecule has 2 aromatic carbocycles. The number of thioether (sulfide) groups is 1. The molecule has 0 bridgehead atoms. The fourth-order valence-electron chi connectivity index (χ4n) is 2.43. The lowest BCUT2D eigenvalue weighted by atomic mass is 10.3. The van der Waals surface area contributed by atoms with Crippen molar-refractivity contribution in [2.24, 2.45) is 0 Å². The van der Waals surface area contributed by atoms with Gasteiger partial charge in [0.25, 0.3) is 11.5 Å². The van der Waals surface area contributed by atoms with Gasteiger partial charge in [-0.15, -0.1) is 11.8 Å². The molecule has 0 saturated carbocycles. The van der Waals surface area contributed by atoms with Crippen LogP contribution in [0.1, 0.15) is 23.8 Å². The lowest BCUT2D eigenvalue weighted by Crippen LogP contribution is -2.26. The molecule has 0 aliphatic heterocycles. The van der Waals surface area contributed by atoms with E-state index in [1.54, 1.807) is 36.4 Å². The van der Waals surface area contributed by atoms with Gasteiger partial charge in [0.1, 0.15) is 0 Å². The van der Waals surface area contributed by atoms with Gasteiger partial charge < -0.3 is 5.32 Å². The van der Waals surface area contributed by atoms with E-state index in [1.807, 2.05) is 25.1 Å². The second kappa shape index (κ2) is 8.88. The molecule has 3 rings (SSSR count). The Labute approximate surface area is 166 Å². The molecule has 138 valence electrons. The number of para-hydroxylation sites is 1. The maximum atomic E-state index is 12.9. The summed E-state index contributed by atoms with van der Waals surface area (Å²) < 4.78 is 1.24. The first-order valence-corrected chi connectivity index (χ1v) is 9.84. The Morgan fingerprint density at radius 1 is 1.15 bits per heavy atom. The van der Waals surface area contributed by atoms with Crippen molar-refractivity contribution in [2.75, 3.05) is 11.1 Å². The molecule has 5 nitrogen and oxygen atoms in total. The van der Waals surface area contributed by atoms with Crippen molar-refractivity contribution >= 4 is 35.0 Å². The molecule has 7 heteroatoms. The van der Waals surface area contributed by atoms with Crippen molar-refractivity contribution < 1.29 is 4.79 Å². The van der Waals surface area contributed by atoms with Gasteiger partial charge in [0, 0.05) is 21.7 Å². The summed E-state index contributed by atoms with van der Waals surface area (Å²) in [5.74, 6) is 0.397. The highest BCUT2D eigenvalue weighted by molar-refractivity contribution is 7.99. The van der Waals surface area contributed by atoms with Crippen LogP contribution in [0.15, 0.2) is 70.4 Å². The number of nitrogens with one attached hydrogen (secondary N) is 1. The van der Waals surface area contributed by atoms with E-state index in [1.165, 1.54) is 22.5 Å². The Morgan fingerprint density at radius 2 is 1.93 bits per heavy atom. The quantitative estimate of drug-likeness (QED) is 0.613. The Kier molecular flexibility index (Phi) is 6.32. The molecule has 1 heterocycles. The number of anilines is 1. The predicted octanol–water partition coefficient (Wildman–Crippen LogP) is 4.64. The number of rotatable bonds is 6. The summed E-state index contributed by atoms with van der Waals surface area (Å²) in [6, 6.07) is 17.4. The van der Waals surface area contributed by atoms with Crippen molar-refractivity contribution in [1.82, 2.24) is 9.78 Å². The third-order valence-electron chi connectivity index (χ3n) is 3.66. The maximum Gasteiger partial charge on any atom is 0.277 e. The minimum absolute atomic E-state index is 0.205. The molecular weight excluding hydrogens is 382 g/mol. The van der Waals surface area contributed by atoms with E-state index < -0.39 is 0 Å². The van der Waals surface area contributed by atoms with E-state index in [0.29, 0.717) is 21.3 Å². The molecule has 0 aliphatic rings. The number of hydrogen-bond acceptors (Lipinski definition) is 4. The Bertz CT molecular complexity index is 1010. The van der Waals surface area contributed by atoms with Crippen LogP contribution in [0.25, 0.3) is 5.69 Å². The van der Waals surface area contributed by atoms with Crippen LogP contribution in [-0.2, 0) is 0 Å². The Hall–Kier alpha value is -2.57. The summed E-state index contributed by atoms with van der Waals surface area (Å²) in [6.07, 6.45) is 0.918. The Balaban J connectivity index is 2.02. The summed E-state index contributed by atoms with van der Waals surface area (Å²) in [5, 5.41) is 7.68. The highest BCUT2D eigenvalue weighted by atomic mass is 35.5. The van der Waals surface area contributed by atoms with Crippen LogP contribution in [0.5, 0.6) is 0 Å². The topological polar surface area (TPSA) is 64.0 Å². The molecule has 1 aromatic heterocycles. The van der Waals surface area contributed by atoms with Gasteiger partial charge in [-0.25, -0.2) is 0 Å². The molecule has 0 aliphatic carbocycles. The van der Waals surface area contributed by atoms with Gasteiger partial charge in [-0.3, -0.25) is 9.59 Å². The highest BCUT2D eigenvalue weighted by Crippen LogP contribution is 2.23. The van der Waals surface area contributed by atoms with Gasteiger partial charge in [-0.1, -0.05) is 42.8 Å². The van der Waals surface area contributed by atoms with Crippen LogP contribution < -0.4 is 10.9 Å². The van der Waals surface area contributed by atoms with E-state index in [2.05, 4.69) is 10.4 Å². The smallest absolute Gasteiger partial charge is 0.277 e. The van der Waals surface area contributed by atoms with Gasteiger partial charge in [-0.2, -0.15) is 9.78 Å².